The summed E-state index contributed by atoms with van der Waals surface area (Å²) in [5.74, 6) is -8.58. The average Bonchev–Trinajstić information content (AvgIpc) is 1.55. The van der Waals surface area contributed by atoms with Crippen molar-refractivity contribution < 1.29 is 99.2 Å². The molecule has 6 fully saturated rings. The number of hydrogen-bond donors (Lipinski definition) is 4. The summed E-state index contributed by atoms with van der Waals surface area (Å²) in [5.41, 5.74) is -0.900. The van der Waals surface area contributed by atoms with Gasteiger partial charge in [0.2, 0.25) is 38.4 Å². The second-order valence-corrected chi connectivity index (χ2v) is 40.8. The van der Waals surface area contributed by atoms with Gasteiger partial charge in [-0.25, -0.2) is 27.2 Å². The number of fused-ring (bicyclic) bond motifs is 2. The van der Waals surface area contributed by atoms with Gasteiger partial charge in [-0.05, 0) is 201 Å². The van der Waals surface area contributed by atoms with Crippen molar-refractivity contribution in [2.45, 2.75) is 237 Å². The van der Waals surface area contributed by atoms with E-state index < -0.39 is 188 Å². The number of carbonyl (C=O) groups is 6. The number of nitrogens with zero attached hydrogens (tertiary/aromatic N) is 2. The van der Waals surface area contributed by atoms with Crippen molar-refractivity contribution in [3.05, 3.63) is 166 Å². The number of carbonyl (C=O) groups excluding carboxylic acids is 6. The largest absolute Gasteiger partial charge is 0.446 e. The average molecular weight is 1800 g/mol. The number of amides is 6. The van der Waals surface area contributed by atoms with Crippen LogP contribution in [0, 0.1) is 46.9 Å². The summed E-state index contributed by atoms with van der Waals surface area (Å²) >= 11 is 6.57. The lowest BCUT2D eigenvalue weighted by Crippen LogP contribution is -2.57. The van der Waals surface area contributed by atoms with Gasteiger partial charge in [-0.15, -0.1) is 13.2 Å². The van der Waals surface area contributed by atoms with Crippen LogP contribution in [0.15, 0.2) is 141 Å². The number of halogens is 6. The highest BCUT2D eigenvalue weighted by Crippen LogP contribution is 2.75. The molecule has 11 rings (SSSR count). The van der Waals surface area contributed by atoms with Gasteiger partial charge in [-0.3, -0.25) is 36.7 Å². The molecule has 4 aromatic carbocycles. The highest BCUT2D eigenvalue weighted by Gasteiger charge is 2.69. The van der Waals surface area contributed by atoms with E-state index in [1.54, 1.807) is 26.8 Å². The zero-order chi connectivity index (χ0) is 82.5. The standard InChI is InChI=1S/C41H53BrF2N3O9PS.C39H49BrF2N3O9PS/c1-5-8-9-10-14-27(4)37(45-40(50)55-30-15-11-12-16-30)39(49)47-25-31(56-58(52,53)32-21-19-29(42)20-22-32)23-36(47)38(48)46-41(24-28(41)6-2)57(51,54-7-3)26-33-34(43)17-13-18-35(33)44;1-3-52-55(49,24-31-32(41)15-10-16-33(31)42)39-22-26(39)12-7-5-4-6-11-25(2)35(43-38(48)53-28-13-8-9-14-28)37(47)45-23-29(21-34(45)36(46)44-39)54-56(50,51)30-19-17-27(40)18-20-30/h5-6,13,17-22,27-28,30-31,36-37H,1-2,7-12,14-16,23-26H2,3-4H3,(H,45,50)(H,46,48);7,10,12,15-20,25-26,28-29,34-35H,3-6,8-9,11,13-14,21-24H2,1-2H3,(H,43,48)(H,44,46)/b;12-7-/t27-,28-,31+,36+,37+,41+,57?;25-,26-,29+,34+,35+,39+,55?/m11/s1. The highest BCUT2D eigenvalue weighted by atomic mass is 79.9. The number of rotatable bonds is 30. The maximum Gasteiger partial charge on any atom is 0.408 e. The van der Waals surface area contributed by atoms with Gasteiger partial charge in [-0.1, -0.05) is 95.0 Å². The fourth-order valence-electron chi connectivity index (χ4n) is 16.1. The van der Waals surface area contributed by atoms with Crippen LogP contribution in [0.2, 0.25) is 0 Å². The Morgan fingerprint density at radius 2 is 1.20 bits per heavy atom. The third kappa shape index (κ3) is 21.6. The Labute approximate surface area is 681 Å². The normalized spacial score (nSPS) is 26.6. The summed E-state index contributed by atoms with van der Waals surface area (Å²) < 4.78 is 179. The molecule has 6 amide bonds. The van der Waals surface area contributed by atoms with Gasteiger partial charge in [0.05, 0.1) is 47.5 Å². The zero-order valence-corrected chi connectivity index (χ0v) is 70.9. The van der Waals surface area contributed by atoms with Crippen LogP contribution in [0.3, 0.4) is 0 Å². The van der Waals surface area contributed by atoms with Crippen molar-refractivity contribution in [2.75, 3.05) is 26.3 Å². The Balaban J connectivity index is 0.000000241. The smallest absolute Gasteiger partial charge is 0.408 e. The van der Waals surface area contributed by atoms with Crippen molar-refractivity contribution >= 4 is 103 Å². The molecule has 14 atom stereocenters. The predicted molar refractivity (Wildman–Crippen MR) is 425 cm³/mol. The number of allylic oxidation sites excluding steroid dienone is 2. The Kier molecular flexibility index (Phi) is 30.9. The Hall–Kier alpha value is -6.60. The molecule has 114 heavy (non-hydrogen) atoms. The molecule has 4 aliphatic carbocycles. The number of likely N-dealkylation sites (tertiary alicyclic amines) is 1. The van der Waals surface area contributed by atoms with Crippen molar-refractivity contribution in [1.29, 1.82) is 0 Å². The first kappa shape index (κ1) is 89.7. The van der Waals surface area contributed by atoms with E-state index in [-0.39, 0.29) is 74.0 Å². The van der Waals surface area contributed by atoms with Crippen molar-refractivity contribution in [3.63, 3.8) is 0 Å². The van der Waals surface area contributed by atoms with E-state index in [0.29, 0.717) is 66.7 Å². The van der Waals surface area contributed by atoms with Crippen molar-refractivity contribution in [1.82, 2.24) is 31.1 Å². The number of ether oxygens (including phenoxy) is 2. The Morgan fingerprint density at radius 3 is 1.73 bits per heavy atom. The minimum absolute atomic E-state index is 0.0626. The van der Waals surface area contributed by atoms with Gasteiger partial charge < -0.3 is 49.6 Å². The molecular formula is C80H102Br2F4N6O18P2S2. The maximum absolute atomic E-state index is 15.0. The molecular weight excluding hydrogens is 1690 g/mol. The van der Waals surface area contributed by atoms with Crippen molar-refractivity contribution in [2.24, 2.45) is 23.7 Å². The fraction of sp³-hybridized carbons (Fsp3) is 0.550. The van der Waals surface area contributed by atoms with Crippen LogP contribution in [0.4, 0.5) is 27.2 Å². The molecule has 0 spiro atoms. The van der Waals surface area contributed by atoms with Crippen LogP contribution in [-0.4, -0.2) is 148 Å². The summed E-state index contributed by atoms with van der Waals surface area (Å²) in [6.45, 7) is 13.5. The monoisotopic (exact) mass is 1790 g/mol. The summed E-state index contributed by atoms with van der Waals surface area (Å²) in [6, 6.07) is 13.1. The Bertz CT molecular complexity index is 4470. The van der Waals surface area contributed by atoms with Crippen LogP contribution in [-0.2, 0) is 87.8 Å². The molecule has 7 aliphatic rings. The minimum atomic E-state index is -4.39. The minimum Gasteiger partial charge on any atom is -0.446 e. The van der Waals surface area contributed by atoms with Gasteiger partial charge in [0, 0.05) is 57.8 Å². The van der Waals surface area contributed by atoms with E-state index in [1.165, 1.54) is 76.5 Å². The van der Waals surface area contributed by atoms with Crippen LogP contribution >= 0.6 is 46.6 Å². The lowest BCUT2D eigenvalue weighted by molar-refractivity contribution is -0.141. The number of unbranched alkanes of at least 4 members (excludes halogenated alkanes) is 2. The lowest BCUT2D eigenvalue weighted by atomic mass is 9.94. The molecule has 3 aliphatic heterocycles. The van der Waals surface area contributed by atoms with Crippen LogP contribution in [0.1, 0.15) is 167 Å². The van der Waals surface area contributed by atoms with E-state index in [4.69, 9.17) is 26.9 Å². The van der Waals surface area contributed by atoms with Gasteiger partial charge in [-0.2, -0.15) is 16.8 Å². The number of nitrogens with one attached hydrogen (secondary N) is 4. The molecule has 24 nitrogen and oxygen atoms in total. The number of hydrogen-bond acceptors (Lipinski definition) is 18. The van der Waals surface area contributed by atoms with Gasteiger partial charge >= 0.3 is 12.2 Å². The van der Waals surface area contributed by atoms with E-state index in [0.717, 1.165) is 69.2 Å². The van der Waals surface area contributed by atoms with Crippen LogP contribution in [0.5, 0.6) is 0 Å². The molecule has 2 unspecified atom stereocenters. The van der Waals surface area contributed by atoms with E-state index >= 15 is 13.3 Å². The molecule has 4 saturated carbocycles. The first-order valence-corrected chi connectivity index (χ1v) is 47.1. The zero-order valence-electron chi connectivity index (χ0n) is 64.3. The molecule has 4 aromatic rings. The SMILES string of the molecule is C=CCCCC[C@@H](C)[C@H](NC(=O)OC1CCCC1)C(=O)N1C[C@@H](OS(=O)(=O)c2ccc(Br)cc2)C[C@H]1C(=O)N[C@]1(P(=O)(Cc2c(F)cccc2F)OCC)C[C@H]1C=C.CCOP(=O)(Cc1c(F)cccc1F)[C@@]12C[C@H]1/C=C\CCCC[C@@H](C)[C@H](NC(=O)OC1CCCC1)C(=O)N1C[C@@H](OS(=O)(=O)c3ccc(Br)cc3)C[C@H]1C(=O)N2. The van der Waals surface area contributed by atoms with Crippen LogP contribution in [0.25, 0.3) is 0 Å². The van der Waals surface area contributed by atoms with Gasteiger partial charge in [0.15, 0.2) is 0 Å². The molecule has 2 saturated heterocycles. The second-order valence-electron chi connectivity index (χ2n) is 30.4. The molecule has 4 N–H and O–H groups in total. The maximum atomic E-state index is 15.0. The first-order chi connectivity index (χ1) is 54.2. The Morgan fingerprint density at radius 1 is 0.684 bits per heavy atom. The summed E-state index contributed by atoms with van der Waals surface area (Å²) in [5, 5.41) is 8.04. The topological polar surface area (TPSA) is 315 Å². The van der Waals surface area contributed by atoms with E-state index in [1.807, 2.05) is 19.1 Å². The fourth-order valence-corrected chi connectivity index (χ4v) is 24.9. The molecule has 0 aromatic heterocycles. The third-order valence-electron chi connectivity index (χ3n) is 22.4. The van der Waals surface area contributed by atoms with Crippen LogP contribution < -0.4 is 21.3 Å². The van der Waals surface area contributed by atoms with Gasteiger partial charge in [0.25, 0.3) is 20.2 Å². The van der Waals surface area contributed by atoms with E-state index in [9.17, 15) is 58.9 Å². The second kappa shape index (κ2) is 39.3. The molecule has 624 valence electrons. The summed E-state index contributed by atoms with van der Waals surface area (Å²) in [4.78, 5) is 87.3. The number of benzene rings is 4. The van der Waals surface area contributed by atoms with Crippen molar-refractivity contribution in [3.8, 4) is 0 Å². The molecule has 0 radical (unpaired) electrons. The molecule has 3 heterocycles. The number of alkyl carbamates (subject to hydrolysis) is 2. The summed E-state index contributed by atoms with van der Waals surface area (Å²) in [6.07, 6.45) is 12.7. The van der Waals surface area contributed by atoms with Gasteiger partial charge in [0.1, 0.15) is 70.2 Å². The molecule has 34 heteroatoms. The third-order valence-corrected chi connectivity index (χ3v) is 32.7. The quantitative estimate of drug-likeness (QED) is 0.0124. The molecule has 0 bridgehead atoms. The highest BCUT2D eigenvalue weighted by molar-refractivity contribution is 9.10. The summed E-state index contributed by atoms with van der Waals surface area (Å²) in [7, 11) is -17.1. The predicted octanol–water partition coefficient (Wildman–Crippen LogP) is 15.9. The lowest BCUT2D eigenvalue weighted by Gasteiger charge is -2.34. The first-order valence-electron chi connectivity index (χ1n) is 39.0. The van der Waals surface area contributed by atoms with E-state index in [2.05, 4.69) is 66.3 Å².